The molecule has 0 unspecified atom stereocenters. The van der Waals surface area contributed by atoms with E-state index in [1.54, 1.807) is 6.33 Å². The molecule has 2 aromatic rings. The zero-order chi connectivity index (χ0) is 15.4. The number of fused-ring (bicyclic) bond motifs is 1. The number of aromatic nitrogens is 2. The van der Waals surface area contributed by atoms with Gasteiger partial charge < -0.3 is 14.6 Å². The summed E-state index contributed by atoms with van der Waals surface area (Å²) in [7, 11) is 0. The zero-order valence-electron chi connectivity index (χ0n) is 12.2. The molecular formula is C15H19N3O3. The van der Waals surface area contributed by atoms with Crippen molar-refractivity contribution in [3.8, 4) is 0 Å². The van der Waals surface area contributed by atoms with Crippen LogP contribution in [0.3, 0.4) is 0 Å². The Hall–Kier alpha value is -2.37. The summed E-state index contributed by atoms with van der Waals surface area (Å²) in [6.45, 7) is 3.85. The SMILES string of the molecule is CC(C)N(CC(=O)O)C(=O)CCn1cnc2ccccc21. The number of hydrogen-bond donors (Lipinski definition) is 1. The van der Waals surface area contributed by atoms with Gasteiger partial charge in [0, 0.05) is 19.0 Å². The predicted molar refractivity (Wildman–Crippen MR) is 78.8 cm³/mol. The van der Waals surface area contributed by atoms with E-state index in [4.69, 9.17) is 5.11 Å². The second-order valence-corrected chi connectivity index (χ2v) is 5.19. The average Bonchev–Trinajstić information content (AvgIpc) is 2.85. The number of carboxylic acid groups (broad SMARTS) is 1. The fourth-order valence-corrected chi connectivity index (χ4v) is 2.25. The molecule has 6 heteroatoms. The van der Waals surface area contributed by atoms with Crippen molar-refractivity contribution in [3.05, 3.63) is 30.6 Å². The minimum absolute atomic E-state index is 0.131. The fraction of sp³-hybridized carbons (Fsp3) is 0.400. The molecule has 1 heterocycles. The van der Waals surface area contributed by atoms with Gasteiger partial charge in [0.25, 0.3) is 0 Å². The number of nitrogens with zero attached hydrogens (tertiary/aromatic N) is 3. The molecule has 0 fully saturated rings. The first-order valence-corrected chi connectivity index (χ1v) is 6.90. The van der Waals surface area contributed by atoms with Crippen LogP contribution >= 0.6 is 0 Å². The fourth-order valence-electron chi connectivity index (χ4n) is 2.25. The minimum Gasteiger partial charge on any atom is -0.480 e. The largest absolute Gasteiger partial charge is 0.480 e. The molecule has 6 nitrogen and oxygen atoms in total. The van der Waals surface area contributed by atoms with Crippen molar-refractivity contribution in [1.82, 2.24) is 14.5 Å². The van der Waals surface area contributed by atoms with Crippen LogP contribution in [0.4, 0.5) is 0 Å². The van der Waals surface area contributed by atoms with Crippen molar-refractivity contribution in [2.24, 2.45) is 0 Å². The molecule has 1 aromatic heterocycles. The lowest BCUT2D eigenvalue weighted by Gasteiger charge is -2.25. The molecule has 1 aromatic carbocycles. The second kappa shape index (κ2) is 6.39. The summed E-state index contributed by atoms with van der Waals surface area (Å²) in [6.07, 6.45) is 1.96. The van der Waals surface area contributed by atoms with E-state index in [9.17, 15) is 9.59 Å². The molecule has 112 valence electrons. The number of rotatable bonds is 6. The van der Waals surface area contributed by atoms with Gasteiger partial charge in [-0.1, -0.05) is 12.1 Å². The Bertz CT molecular complexity index is 648. The van der Waals surface area contributed by atoms with Crippen LogP contribution in [-0.4, -0.2) is 44.0 Å². The number of carbonyl (C=O) groups excluding carboxylic acids is 1. The molecule has 0 atom stereocenters. The van der Waals surface area contributed by atoms with Gasteiger partial charge in [-0.05, 0) is 26.0 Å². The molecule has 0 aliphatic carbocycles. The van der Waals surface area contributed by atoms with Crippen LogP contribution in [0.1, 0.15) is 20.3 Å². The maximum absolute atomic E-state index is 12.2. The Balaban J connectivity index is 2.04. The van der Waals surface area contributed by atoms with E-state index < -0.39 is 5.97 Å². The van der Waals surface area contributed by atoms with Gasteiger partial charge in [-0.3, -0.25) is 9.59 Å². The van der Waals surface area contributed by atoms with Crippen LogP contribution in [-0.2, 0) is 16.1 Å². The van der Waals surface area contributed by atoms with E-state index >= 15 is 0 Å². The highest BCUT2D eigenvalue weighted by molar-refractivity contribution is 5.82. The molecule has 0 aliphatic rings. The number of imidazole rings is 1. The summed E-state index contributed by atoms with van der Waals surface area (Å²) in [5.41, 5.74) is 1.86. The van der Waals surface area contributed by atoms with E-state index in [1.807, 2.05) is 42.7 Å². The zero-order valence-corrected chi connectivity index (χ0v) is 12.2. The van der Waals surface area contributed by atoms with Crippen molar-refractivity contribution in [1.29, 1.82) is 0 Å². The summed E-state index contributed by atoms with van der Waals surface area (Å²) in [4.78, 5) is 28.6. The summed E-state index contributed by atoms with van der Waals surface area (Å²) in [5.74, 6) is -1.16. The van der Waals surface area contributed by atoms with Crippen LogP contribution in [0, 0.1) is 0 Å². The molecule has 0 bridgehead atoms. The second-order valence-electron chi connectivity index (χ2n) is 5.19. The van der Waals surface area contributed by atoms with Crippen molar-refractivity contribution in [2.75, 3.05) is 6.54 Å². The van der Waals surface area contributed by atoms with Crippen molar-refractivity contribution < 1.29 is 14.7 Å². The maximum atomic E-state index is 12.2. The van der Waals surface area contributed by atoms with E-state index in [-0.39, 0.29) is 24.9 Å². The van der Waals surface area contributed by atoms with Crippen LogP contribution < -0.4 is 0 Å². The molecule has 2 rings (SSSR count). The first-order chi connectivity index (χ1) is 9.99. The molecule has 21 heavy (non-hydrogen) atoms. The summed E-state index contributed by atoms with van der Waals surface area (Å²) < 4.78 is 1.91. The third-order valence-corrected chi connectivity index (χ3v) is 3.34. The van der Waals surface area contributed by atoms with Gasteiger partial charge in [0.15, 0.2) is 0 Å². The highest BCUT2D eigenvalue weighted by Gasteiger charge is 2.19. The van der Waals surface area contributed by atoms with Gasteiger partial charge in [0.1, 0.15) is 6.54 Å². The number of aliphatic carboxylic acids is 1. The van der Waals surface area contributed by atoms with Gasteiger partial charge >= 0.3 is 5.97 Å². The van der Waals surface area contributed by atoms with Crippen molar-refractivity contribution in [3.63, 3.8) is 0 Å². The lowest BCUT2D eigenvalue weighted by Crippen LogP contribution is -2.40. The molecule has 0 aliphatic heterocycles. The van der Waals surface area contributed by atoms with Crippen molar-refractivity contribution >= 4 is 22.9 Å². The van der Waals surface area contributed by atoms with Gasteiger partial charge in [0.2, 0.25) is 5.91 Å². The number of amides is 1. The van der Waals surface area contributed by atoms with E-state index in [1.165, 1.54) is 4.90 Å². The van der Waals surface area contributed by atoms with Crippen LogP contribution in [0.2, 0.25) is 0 Å². The third-order valence-electron chi connectivity index (χ3n) is 3.34. The van der Waals surface area contributed by atoms with Crippen LogP contribution in [0.15, 0.2) is 30.6 Å². The lowest BCUT2D eigenvalue weighted by atomic mass is 10.2. The van der Waals surface area contributed by atoms with Crippen molar-refractivity contribution in [2.45, 2.75) is 32.9 Å². The van der Waals surface area contributed by atoms with Gasteiger partial charge in [-0.2, -0.15) is 0 Å². The Morgan fingerprint density at radius 1 is 1.33 bits per heavy atom. The Labute approximate surface area is 123 Å². The molecule has 0 spiro atoms. The van der Waals surface area contributed by atoms with E-state index in [0.717, 1.165) is 11.0 Å². The molecule has 1 amide bonds. The lowest BCUT2D eigenvalue weighted by molar-refractivity contribution is -0.145. The normalized spacial score (nSPS) is 11.0. The third kappa shape index (κ3) is 3.59. The minimum atomic E-state index is -0.995. The Kier molecular flexibility index (Phi) is 4.57. The summed E-state index contributed by atoms with van der Waals surface area (Å²) in [6, 6.07) is 7.57. The summed E-state index contributed by atoms with van der Waals surface area (Å²) >= 11 is 0. The Morgan fingerprint density at radius 3 is 2.71 bits per heavy atom. The highest BCUT2D eigenvalue weighted by atomic mass is 16.4. The smallest absolute Gasteiger partial charge is 0.323 e. The Morgan fingerprint density at radius 2 is 2.05 bits per heavy atom. The van der Waals surface area contributed by atoms with Crippen LogP contribution in [0.5, 0.6) is 0 Å². The molecule has 0 radical (unpaired) electrons. The number of para-hydroxylation sites is 2. The number of aryl methyl sites for hydroxylation is 1. The number of benzene rings is 1. The monoisotopic (exact) mass is 289 g/mol. The molecule has 1 N–H and O–H groups in total. The average molecular weight is 289 g/mol. The maximum Gasteiger partial charge on any atom is 0.323 e. The van der Waals surface area contributed by atoms with Gasteiger partial charge in [-0.15, -0.1) is 0 Å². The van der Waals surface area contributed by atoms with E-state index in [0.29, 0.717) is 6.54 Å². The number of hydrogen-bond acceptors (Lipinski definition) is 3. The predicted octanol–water partition coefficient (Wildman–Crippen LogP) is 1.75. The number of carbonyl (C=O) groups is 2. The standard InChI is InChI=1S/C15H19N3O3/c1-11(2)18(9-15(20)21)14(19)7-8-17-10-16-12-5-3-4-6-13(12)17/h3-6,10-11H,7-9H2,1-2H3,(H,20,21). The van der Waals surface area contributed by atoms with Crippen LogP contribution in [0.25, 0.3) is 11.0 Å². The van der Waals surface area contributed by atoms with E-state index in [2.05, 4.69) is 4.98 Å². The highest BCUT2D eigenvalue weighted by Crippen LogP contribution is 2.13. The summed E-state index contributed by atoms with van der Waals surface area (Å²) in [5, 5.41) is 8.87. The molecule has 0 saturated carbocycles. The quantitative estimate of drug-likeness (QED) is 0.879. The molecular weight excluding hydrogens is 270 g/mol. The van der Waals surface area contributed by atoms with Gasteiger partial charge in [0.05, 0.1) is 17.4 Å². The first kappa shape index (κ1) is 15.0. The van der Waals surface area contributed by atoms with Gasteiger partial charge in [-0.25, -0.2) is 4.98 Å². The topological polar surface area (TPSA) is 75.4 Å². The molecule has 0 saturated heterocycles. The number of carboxylic acids is 1. The first-order valence-electron chi connectivity index (χ1n) is 6.90.